The highest BCUT2D eigenvalue weighted by Gasteiger charge is 2.28. The van der Waals surface area contributed by atoms with Gasteiger partial charge in [0.05, 0.1) is 17.1 Å². The minimum atomic E-state index is -4.36. The first kappa shape index (κ1) is 16.0. The van der Waals surface area contributed by atoms with Gasteiger partial charge in [-0.25, -0.2) is 12.8 Å². The van der Waals surface area contributed by atoms with Crippen LogP contribution in [0.1, 0.15) is 32.1 Å². The Hall–Kier alpha value is -1.41. The number of nitrogens with zero attached hydrogens (tertiary/aromatic N) is 1. The van der Waals surface area contributed by atoms with Crippen molar-refractivity contribution in [2.45, 2.75) is 43.1 Å². The van der Waals surface area contributed by atoms with Gasteiger partial charge in [-0.15, -0.1) is 0 Å². The van der Waals surface area contributed by atoms with Crippen LogP contribution in [0.4, 0.5) is 10.1 Å². The molecule has 1 saturated carbocycles. The first-order valence-electron chi connectivity index (χ1n) is 6.38. The zero-order valence-corrected chi connectivity index (χ0v) is 12.5. The third-order valence-electron chi connectivity index (χ3n) is 3.30. The Balaban J connectivity index is 2.45. The van der Waals surface area contributed by atoms with Crippen LogP contribution in [0.2, 0.25) is 0 Å². The molecule has 1 aromatic rings. The number of ether oxygens (including phenoxy) is 1. The van der Waals surface area contributed by atoms with Gasteiger partial charge in [0.2, 0.25) is 0 Å². The number of benzene rings is 1. The molecule has 0 N–H and O–H groups in total. The quantitative estimate of drug-likeness (QED) is 0.477. The summed E-state index contributed by atoms with van der Waals surface area (Å²) in [6, 6.07) is 1.34. The third-order valence-corrected chi connectivity index (χ3v) is 4.63. The summed E-state index contributed by atoms with van der Waals surface area (Å²) >= 11 is 0. The molecule has 0 aromatic heterocycles. The van der Waals surface area contributed by atoms with Crippen molar-refractivity contribution in [1.82, 2.24) is 0 Å². The van der Waals surface area contributed by atoms with Crippen molar-refractivity contribution in [2.24, 2.45) is 0 Å². The van der Waals surface area contributed by atoms with Crippen molar-refractivity contribution in [3.05, 3.63) is 28.1 Å². The Kier molecular flexibility index (Phi) is 4.67. The Morgan fingerprint density at radius 1 is 1.29 bits per heavy atom. The molecule has 1 fully saturated rings. The van der Waals surface area contributed by atoms with Crippen molar-refractivity contribution in [2.75, 3.05) is 0 Å². The van der Waals surface area contributed by atoms with Gasteiger partial charge < -0.3 is 4.74 Å². The average molecular weight is 338 g/mol. The lowest BCUT2D eigenvalue weighted by molar-refractivity contribution is -0.385. The number of hydrogen-bond acceptors (Lipinski definition) is 5. The number of nitro groups is 1. The standard InChI is InChI=1S/C12H13ClFNO5S/c13-21(18,19)11-7-8(15(16)17)6-10(14)12(11)20-9-4-2-1-3-5-9/h6-7,9H,1-5H2. The highest BCUT2D eigenvalue weighted by Crippen LogP contribution is 2.36. The molecule has 0 radical (unpaired) electrons. The molecular weight excluding hydrogens is 325 g/mol. The van der Waals surface area contributed by atoms with Crippen LogP contribution >= 0.6 is 10.7 Å². The fourth-order valence-electron chi connectivity index (χ4n) is 2.31. The van der Waals surface area contributed by atoms with Crippen molar-refractivity contribution >= 4 is 25.4 Å². The molecule has 2 rings (SSSR count). The maximum Gasteiger partial charge on any atom is 0.273 e. The average Bonchev–Trinajstić information content (AvgIpc) is 2.40. The van der Waals surface area contributed by atoms with Gasteiger partial charge in [0.15, 0.2) is 11.6 Å². The van der Waals surface area contributed by atoms with Gasteiger partial charge in [-0.3, -0.25) is 10.1 Å². The molecular formula is C12H13ClFNO5S. The summed E-state index contributed by atoms with van der Waals surface area (Å²) in [7, 11) is 0.873. The molecule has 0 atom stereocenters. The van der Waals surface area contributed by atoms with E-state index in [1.165, 1.54) is 0 Å². The van der Waals surface area contributed by atoms with Crippen LogP contribution in [0.15, 0.2) is 17.0 Å². The molecule has 21 heavy (non-hydrogen) atoms. The fraction of sp³-hybridized carbons (Fsp3) is 0.500. The van der Waals surface area contributed by atoms with E-state index in [4.69, 9.17) is 15.4 Å². The van der Waals surface area contributed by atoms with E-state index >= 15 is 0 Å². The van der Waals surface area contributed by atoms with Gasteiger partial charge in [0, 0.05) is 16.7 Å². The Morgan fingerprint density at radius 3 is 2.43 bits per heavy atom. The number of non-ortho nitro benzene ring substituents is 1. The largest absolute Gasteiger partial charge is 0.486 e. The van der Waals surface area contributed by atoms with Crippen LogP contribution in [0.5, 0.6) is 5.75 Å². The van der Waals surface area contributed by atoms with Crippen molar-refractivity contribution in [1.29, 1.82) is 0 Å². The molecule has 0 bridgehead atoms. The van der Waals surface area contributed by atoms with Gasteiger partial charge in [0.1, 0.15) is 4.90 Å². The molecule has 1 aromatic carbocycles. The highest BCUT2D eigenvalue weighted by atomic mass is 35.7. The first-order valence-corrected chi connectivity index (χ1v) is 8.69. The molecule has 1 aliphatic rings. The summed E-state index contributed by atoms with van der Waals surface area (Å²) in [6.07, 6.45) is 3.90. The SMILES string of the molecule is O=[N+]([O-])c1cc(F)c(OC2CCCCC2)c(S(=O)(=O)Cl)c1. The van der Waals surface area contributed by atoms with E-state index in [9.17, 15) is 22.9 Å². The molecule has 1 aliphatic carbocycles. The molecule has 0 aliphatic heterocycles. The lowest BCUT2D eigenvalue weighted by Crippen LogP contribution is -2.21. The molecule has 0 amide bonds. The lowest BCUT2D eigenvalue weighted by atomic mass is 9.98. The normalized spacial score (nSPS) is 16.7. The molecule has 0 heterocycles. The molecule has 0 saturated heterocycles. The number of halogens is 2. The van der Waals surface area contributed by atoms with E-state index < -0.39 is 36.1 Å². The van der Waals surface area contributed by atoms with E-state index in [-0.39, 0.29) is 6.10 Å². The van der Waals surface area contributed by atoms with Crippen molar-refractivity contribution < 1.29 is 22.5 Å². The van der Waals surface area contributed by atoms with Crippen LogP contribution in [0, 0.1) is 15.9 Å². The van der Waals surface area contributed by atoms with E-state index in [1.54, 1.807) is 0 Å². The Labute approximate surface area is 125 Å². The van der Waals surface area contributed by atoms with Crippen molar-refractivity contribution in [3.8, 4) is 5.75 Å². The minimum absolute atomic E-state index is 0.313. The van der Waals surface area contributed by atoms with Crippen LogP contribution in [-0.2, 0) is 9.05 Å². The third kappa shape index (κ3) is 3.82. The summed E-state index contributed by atoms with van der Waals surface area (Å²) in [5.74, 6) is -1.64. The Bertz CT molecular complexity index is 658. The van der Waals surface area contributed by atoms with Gasteiger partial charge >= 0.3 is 0 Å². The van der Waals surface area contributed by atoms with E-state index in [2.05, 4.69) is 0 Å². The second-order valence-electron chi connectivity index (χ2n) is 4.83. The first-order chi connectivity index (χ1) is 9.79. The summed E-state index contributed by atoms with van der Waals surface area (Å²) in [4.78, 5) is 9.10. The molecule has 116 valence electrons. The second kappa shape index (κ2) is 6.15. The molecule has 9 heteroatoms. The number of rotatable bonds is 4. The predicted molar refractivity (Wildman–Crippen MR) is 73.6 cm³/mol. The van der Waals surface area contributed by atoms with Gasteiger partial charge in [-0.1, -0.05) is 6.42 Å². The summed E-state index contributed by atoms with van der Waals surface area (Å²) < 4.78 is 42.5. The zero-order valence-electron chi connectivity index (χ0n) is 10.9. The maximum absolute atomic E-state index is 14.0. The Morgan fingerprint density at radius 2 is 1.90 bits per heavy atom. The number of hydrogen-bond donors (Lipinski definition) is 0. The molecule has 0 spiro atoms. The van der Waals surface area contributed by atoms with Gasteiger partial charge in [0.25, 0.3) is 14.7 Å². The zero-order chi connectivity index (χ0) is 15.6. The topological polar surface area (TPSA) is 86.5 Å². The predicted octanol–water partition coefficient (Wildman–Crippen LogP) is 3.37. The number of nitro benzene ring substituents is 1. The lowest BCUT2D eigenvalue weighted by Gasteiger charge is -2.24. The second-order valence-corrected chi connectivity index (χ2v) is 7.36. The highest BCUT2D eigenvalue weighted by molar-refractivity contribution is 8.13. The van der Waals surface area contributed by atoms with Crippen LogP contribution in [0.3, 0.4) is 0 Å². The van der Waals surface area contributed by atoms with E-state index in [0.29, 0.717) is 25.0 Å². The van der Waals surface area contributed by atoms with Crippen LogP contribution in [0.25, 0.3) is 0 Å². The monoisotopic (exact) mass is 337 g/mol. The van der Waals surface area contributed by atoms with E-state index in [1.807, 2.05) is 0 Å². The summed E-state index contributed by atoms with van der Waals surface area (Å²) in [6.45, 7) is 0. The molecule has 0 unspecified atom stereocenters. The smallest absolute Gasteiger partial charge is 0.273 e. The minimum Gasteiger partial charge on any atom is -0.486 e. The fourth-order valence-corrected chi connectivity index (χ4v) is 3.28. The molecule has 6 nitrogen and oxygen atoms in total. The van der Waals surface area contributed by atoms with Gasteiger partial charge in [-0.05, 0) is 25.7 Å². The van der Waals surface area contributed by atoms with E-state index in [0.717, 1.165) is 19.3 Å². The summed E-state index contributed by atoms with van der Waals surface area (Å²) in [5, 5.41) is 10.7. The van der Waals surface area contributed by atoms with Crippen molar-refractivity contribution in [3.63, 3.8) is 0 Å². The van der Waals surface area contributed by atoms with Crippen LogP contribution < -0.4 is 4.74 Å². The van der Waals surface area contributed by atoms with Gasteiger partial charge in [-0.2, -0.15) is 0 Å². The van der Waals surface area contributed by atoms with Crippen LogP contribution in [-0.4, -0.2) is 19.4 Å². The summed E-state index contributed by atoms with van der Waals surface area (Å²) in [5.41, 5.74) is -0.692. The maximum atomic E-state index is 14.0.